The van der Waals surface area contributed by atoms with Gasteiger partial charge in [-0.2, -0.15) is 0 Å². The van der Waals surface area contributed by atoms with Gasteiger partial charge >= 0.3 is 11.9 Å². The Morgan fingerprint density at radius 3 is 1.77 bits per heavy atom. The number of hydrogen-bond acceptors (Lipinski definition) is 8. The van der Waals surface area contributed by atoms with Crippen molar-refractivity contribution < 1.29 is 43.3 Å². The summed E-state index contributed by atoms with van der Waals surface area (Å²) in [4.78, 5) is 21.4. The van der Waals surface area contributed by atoms with Crippen LogP contribution in [-0.4, -0.2) is 54.7 Å². The summed E-state index contributed by atoms with van der Waals surface area (Å²) in [6.45, 7) is -0.925. The molecule has 3 aromatic rings. The fourth-order valence-electron chi connectivity index (χ4n) is 2.91. The second-order valence-electron chi connectivity index (χ2n) is 7.01. The number of carbonyl (C=O) groups is 2. The smallest absolute Gasteiger partial charge is 0.341 e. The Bertz CT molecular complexity index is 1150. The van der Waals surface area contributed by atoms with Gasteiger partial charge in [-0.05, 0) is 47.5 Å². The maximum Gasteiger partial charge on any atom is 0.341 e. The van der Waals surface area contributed by atoms with E-state index in [0.717, 1.165) is 11.1 Å². The first-order valence-corrected chi connectivity index (χ1v) is 10.3. The average molecular weight is 481 g/mol. The van der Waals surface area contributed by atoms with E-state index in [-0.39, 0.29) is 0 Å². The topological polar surface area (TPSA) is 138 Å². The van der Waals surface area contributed by atoms with Crippen molar-refractivity contribution in [2.75, 3.05) is 27.4 Å². The van der Waals surface area contributed by atoms with Crippen molar-refractivity contribution in [2.24, 2.45) is 0 Å². The summed E-state index contributed by atoms with van der Waals surface area (Å²) < 4.78 is 26.2. The molecule has 10 heteroatoms. The number of carboxylic acid groups (broad SMARTS) is 2. The predicted molar refractivity (Wildman–Crippen MR) is 127 cm³/mol. The van der Waals surface area contributed by atoms with Crippen LogP contribution in [0.4, 0.5) is 0 Å². The molecule has 0 aliphatic carbocycles. The number of hydrogen-bond donors (Lipinski definition) is 2. The highest BCUT2D eigenvalue weighted by Gasteiger charge is 2.08. The fraction of sp³-hybridized carbons (Fsp3) is 0.160. The first-order chi connectivity index (χ1) is 16.9. The fourth-order valence-corrected chi connectivity index (χ4v) is 2.91. The molecule has 0 amide bonds. The Labute approximate surface area is 200 Å². The van der Waals surface area contributed by atoms with E-state index in [1.165, 1.54) is 14.2 Å². The standard InChI is InChI=1S/C25H23NO9/c1-31-22-11-16(5-9-20(22)33-14-24(27)28)3-7-18-13-19(35-26-18)8-4-17-6-10-21(23(12-17)32-2)34-15-25(29)30/h3-13H,14-15H2,1-2H3,(H,27,28)(H,29,30)/b7-3+,8-4+. The lowest BCUT2D eigenvalue weighted by Crippen LogP contribution is -2.10. The van der Waals surface area contributed by atoms with Crippen LogP contribution in [0.2, 0.25) is 0 Å². The summed E-state index contributed by atoms with van der Waals surface area (Å²) in [6.07, 6.45) is 7.08. The van der Waals surface area contributed by atoms with Crippen LogP contribution in [0.15, 0.2) is 47.0 Å². The molecule has 1 heterocycles. The van der Waals surface area contributed by atoms with Crippen LogP contribution in [0.25, 0.3) is 24.3 Å². The van der Waals surface area contributed by atoms with Gasteiger partial charge in [-0.1, -0.05) is 29.4 Å². The summed E-state index contributed by atoms with van der Waals surface area (Å²) in [6, 6.07) is 11.9. The van der Waals surface area contributed by atoms with Crippen LogP contribution in [0.5, 0.6) is 23.0 Å². The van der Waals surface area contributed by atoms with Gasteiger partial charge in [0.05, 0.1) is 14.2 Å². The lowest BCUT2D eigenvalue weighted by atomic mass is 10.1. The zero-order valence-electron chi connectivity index (χ0n) is 19.0. The minimum atomic E-state index is -1.08. The molecule has 1 aromatic heterocycles. The van der Waals surface area contributed by atoms with E-state index in [9.17, 15) is 9.59 Å². The summed E-state index contributed by atoms with van der Waals surface area (Å²) in [5.41, 5.74) is 2.17. The van der Waals surface area contributed by atoms with Crippen molar-refractivity contribution in [3.05, 3.63) is 65.0 Å². The second kappa shape index (κ2) is 11.9. The van der Waals surface area contributed by atoms with Gasteiger partial charge in [0.15, 0.2) is 42.0 Å². The molecular weight excluding hydrogens is 458 g/mol. The molecule has 0 atom stereocenters. The first-order valence-electron chi connectivity index (χ1n) is 10.3. The summed E-state index contributed by atoms with van der Waals surface area (Å²) in [5.74, 6) is -0.155. The number of benzene rings is 2. The molecule has 0 saturated heterocycles. The second-order valence-corrected chi connectivity index (χ2v) is 7.01. The summed E-state index contributed by atoms with van der Waals surface area (Å²) >= 11 is 0. The molecule has 35 heavy (non-hydrogen) atoms. The molecule has 0 aliphatic heterocycles. The Morgan fingerprint density at radius 2 is 1.29 bits per heavy atom. The van der Waals surface area contributed by atoms with Crippen LogP contribution >= 0.6 is 0 Å². The van der Waals surface area contributed by atoms with Gasteiger partial charge in [-0.3, -0.25) is 0 Å². The molecule has 2 N–H and O–H groups in total. The van der Waals surface area contributed by atoms with Crippen LogP contribution in [-0.2, 0) is 9.59 Å². The van der Waals surface area contributed by atoms with E-state index >= 15 is 0 Å². The van der Waals surface area contributed by atoms with Crippen LogP contribution in [0.1, 0.15) is 22.6 Å². The lowest BCUT2D eigenvalue weighted by Gasteiger charge is -2.09. The maximum atomic E-state index is 10.7. The third kappa shape index (κ3) is 7.39. The normalized spacial score (nSPS) is 11.0. The Balaban J connectivity index is 1.66. The molecule has 10 nitrogen and oxygen atoms in total. The van der Waals surface area contributed by atoms with Crippen molar-refractivity contribution in [1.29, 1.82) is 0 Å². The molecule has 182 valence electrons. The number of carboxylic acids is 2. The third-order valence-corrected chi connectivity index (χ3v) is 4.51. The SMILES string of the molecule is COc1cc(/C=C/c2cc(/C=C/c3ccc(OCC(=O)O)c(OC)c3)on2)ccc1OCC(=O)O. The van der Waals surface area contributed by atoms with Gasteiger partial charge in [0, 0.05) is 6.07 Å². The van der Waals surface area contributed by atoms with Crippen LogP contribution in [0, 0.1) is 0 Å². The number of aliphatic carboxylic acids is 2. The number of aromatic nitrogens is 1. The van der Waals surface area contributed by atoms with Crippen molar-refractivity contribution in [3.63, 3.8) is 0 Å². The van der Waals surface area contributed by atoms with Crippen molar-refractivity contribution >= 4 is 36.2 Å². The zero-order valence-corrected chi connectivity index (χ0v) is 19.0. The largest absolute Gasteiger partial charge is 0.493 e. The van der Waals surface area contributed by atoms with Gasteiger partial charge in [0.2, 0.25) is 0 Å². The number of rotatable bonds is 12. The number of nitrogens with zero attached hydrogens (tertiary/aromatic N) is 1. The predicted octanol–water partition coefficient (Wildman–Crippen LogP) is 3.96. The lowest BCUT2D eigenvalue weighted by molar-refractivity contribution is -0.140. The Morgan fingerprint density at radius 1 is 0.771 bits per heavy atom. The van der Waals surface area contributed by atoms with Gasteiger partial charge in [0.1, 0.15) is 5.69 Å². The van der Waals surface area contributed by atoms with E-state index in [2.05, 4.69) is 5.16 Å². The molecule has 0 radical (unpaired) electrons. The molecule has 0 spiro atoms. The first kappa shape index (κ1) is 24.9. The van der Waals surface area contributed by atoms with Gasteiger partial charge < -0.3 is 33.7 Å². The highest BCUT2D eigenvalue weighted by Crippen LogP contribution is 2.30. The van der Waals surface area contributed by atoms with Crippen LogP contribution < -0.4 is 18.9 Å². The molecule has 0 aliphatic rings. The Hall–Kier alpha value is -4.73. The van der Waals surface area contributed by atoms with E-state index in [0.29, 0.717) is 34.5 Å². The van der Waals surface area contributed by atoms with E-state index in [1.807, 2.05) is 0 Å². The van der Waals surface area contributed by atoms with Crippen molar-refractivity contribution in [1.82, 2.24) is 5.16 Å². The Kier molecular flexibility index (Phi) is 8.49. The van der Waals surface area contributed by atoms with Crippen LogP contribution in [0.3, 0.4) is 0 Å². The third-order valence-electron chi connectivity index (χ3n) is 4.51. The molecule has 0 saturated carbocycles. The highest BCUT2D eigenvalue weighted by atomic mass is 16.5. The minimum Gasteiger partial charge on any atom is -0.493 e. The summed E-state index contributed by atoms with van der Waals surface area (Å²) in [5, 5.41) is 21.5. The van der Waals surface area contributed by atoms with Gasteiger partial charge in [-0.25, -0.2) is 9.59 Å². The van der Waals surface area contributed by atoms with E-state index < -0.39 is 25.2 Å². The number of ether oxygens (including phenoxy) is 4. The molecule has 0 bridgehead atoms. The van der Waals surface area contributed by atoms with Crippen molar-refractivity contribution in [2.45, 2.75) is 0 Å². The molecular formula is C25H23NO9. The van der Waals surface area contributed by atoms with Gasteiger partial charge in [-0.15, -0.1) is 0 Å². The van der Waals surface area contributed by atoms with E-state index in [4.69, 9.17) is 33.7 Å². The number of methoxy groups -OCH3 is 2. The molecule has 0 unspecified atom stereocenters. The van der Waals surface area contributed by atoms with E-state index in [1.54, 1.807) is 66.8 Å². The molecule has 2 aromatic carbocycles. The maximum absolute atomic E-state index is 10.7. The highest BCUT2D eigenvalue weighted by molar-refractivity contribution is 5.73. The zero-order chi connectivity index (χ0) is 25.2. The summed E-state index contributed by atoms with van der Waals surface area (Å²) in [7, 11) is 2.94. The quantitative estimate of drug-likeness (QED) is 0.391. The minimum absolute atomic E-state index is 0.331. The molecule has 3 rings (SSSR count). The van der Waals surface area contributed by atoms with Crippen molar-refractivity contribution in [3.8, 4) is 23.0 Å². The average Bonchev–Trinajstić information content (AvgIpc) is 3.31. The van der Waals surface area contributed by atoms with Gasteiger partial charge in [0.25, 0.3) is 0 Å². The monoisotopic (exact) mass is 481 g/mol. The molecule has 0 fully saturated rings.